The fourth-order valence-corrected chi connectivity index (χ4v) is 3.42. The summed E-state index contributed by atoms with van der Waals surface area (Å²) in [4.78, 5) is 13.8. The molecule has 0 aliphatic carbocycles. The molecule has 7 heteroatoms. The number of aryl methyl sites for hydroxylation is 1. The first-order valence-electron chi connectivity index (χ1n) is 5.15. The minimum Gasteiger partial charge on any atom is -0.368 e. The molecule has 0 aromatic carbocycles. The van der Waals surface area contributed by atoms with Gasteiger partial charge in [-0.25, -0.2) is 4.68 Å². The van der Waals surface area contributed by atoms with Gasteiger partial charge in [0.15, 0.2) is 0 Å². The molecule has 0 spiro atoms. The van der Waals surface area contributed by atoms with Crippen LogP contribution in [0.3, 0.4) is 0 Å². The van der Waals surface area contributed by atoms with Crippen molar-refractivity contribution in [2.75, 3.05) is 11.9 Å². The number of hydrogen-bond donors (Lipinski definition) is 0. The number of rotatable bonds is 3. The van der Waals surface area contributed by atoms with Crippen LogP contribution in [0.5, 0.6) is 0 Å². The fourth-order valence-electron chi connectivity index (χ4n) is 1.56. The highest BCUT2D eigenvalue weighted by atomic mass is 79.9. The van der Waals surface area contributed by atoms with Crippen LogP contribution in [0.25, 0.3) is 0 Å². The maximum atomic E-state index is 11.8. The second kappa shape index (κ2) is 5.54. The Morgan fingerprint density at radius 2 is 2.22 bits per heavy atom. The van der Waals surface area contributed by atoms with Gasteiger partial charge in [-0.15, -0.1) is 11.3 Å². The van der Waals surface area contributed by atoms with Gasteiger partial charge < -0.3 is 4.90 Å². The Labute approximate surface area is 125 Å². The van der Waals surface area contributed by atoms with Crippen LogP contribution >= 0.6 is 43.2 Å². The van der Waals surface area contributed by atoms with Crippen LogP contribution in [-0.2, 0) is 13.6 Å². The highest BCUT2D eigenvalue weighted by Crippen LogP contribution is 2.25. The van der Waals surface area contributed by atoms with Crippen LogP contribution in [0.1, 0.15) is 5.56 Å². The Hall–Kier alpha value is -0.660. The Morgan fingerprint density at radius 3 is 2.83 bits per heavy atom. The first-order valence-corrected chi connectivity index (χ1v) is 7.61. The molecule has 0 saturated heterocycles. The standard InChI is InChI=1S/C11H11Br2N3OS/c1-15(5-7-3-9(12)18-6-7)8-4-14-16(2)11(17)10(8)13/h3-4,6H,5H2,1-2H3. The van der Waals surface area contributed by atoms with E-state index in [1.54, 1.807) is 24.6 Å². The second-order valence-electron chi connectivity index (χ2n) is 3.89. The third kappa shape index (κ3) is 2.84. The summed E-state index contributed by atoms with van der Waals surface area (Å²) < 4.78 is 2.95. The van der Waals surface area contributed by atoms with Crippen LogP contribution in [0.15, 0.2) is 30.7 Å². The number of aromatic nitrogens is 2. The quantitative estimate of drug-likeness (QED) is 0.805. The molecule has 2 heterocycles. The van der Waals surface area contributed by atoms with Crippen molar-refractivity contribution >= 4 is 48.9 Å². The molecule has 18 heavy (non-hydrogen) atoms. The van der Waals surface area contributed by atoms with Crippen molar-refractivity contribution in [3.8, 4) is 0 Å². The summed E-state index contributed by atoms with van der Waals surface area (Å²) >= 11 is 8.42. The Balaban J connectivity index is 2.26. The minimum absolute atomic E-state index is 0.133. The molecule has 96 valence electrons. The first kappa shape index (κ1) is 13.8. The van der Waals surface area contributed by atoms with Crippen LogP contribution in [-0.4, -0.2) is 16.8 Å². The van der Waals surface area contributed by atoms with E-state index in [1.807, 2.05) is 11.9 Å². The maximum absolute atomic E-state index is 11.8. The summed E-state index contributed by atoms with van der Waals surface area (Å²) in [5, 5.41) is 6.12. The number of anilines is 1. The van der Waals surface area contributed by atoms with Crippen LogP contribution in [0.4, 0.5) is 5.69 Å². The molecule has 0 unspecified atom stereocenters. The lowest BCUT2D eigenvalue weighted by atomic mass is 10.3. The SMILES string of the molecule is CN(Cc1csc(Br)c1)c1cnn(C)c(=O)c1Br. The predicted octanol–water partition coefficient (Wildman–Crippen LogP) is 3.00. The third-order valence-corrected chi connectivity index (χ3v) is 4.81. The van der Waals surface area contributed by atoms with Crippen molar-refractivity contribution in [3.05, 3.63) is 41.8 Å². The van der Waals surface area contributed by atoms with E-state index in [9.17, 15) is 4.79 Å². The van der Waals surface area contributed by atoms with Gasteiger partial charge in [0.25, 0.3) is 5.56 Å². The molecule has 2 aromatic rings. The summed E-state index contributed by atoms with van der Waals surface area (Å²) in [6.45, 7) is 0.732. The second-order valence-corrected chi connectivity index (χ2v) is 6.97. The Kier molecular flexibility index (Phi) is 4.24. The van der Waals surface area contributed by atoms with E-state index in [0.29, 0.717) is 4.47 Å². The van der Waals surface area contributed by atoms with Gasteiger partial charge in [0.2, 0.25) is 0 Å². The molecule has 0 saturated carbocycles. The highest BCUT2D eigenvalue weighted by molar-refractivity contribution is 9.11. The van der Waals surface area contributed by atoms with Gasteiger partial charge in [0.05, 0.1) is 15.7 Å². The third-order valence-electron chi connectivity index (χ3n) is 2.51. The average Bonchev–Trinajstić information content (AvgIpc) is 2.71. The number of thiophene rings is 1. The monoisotopic (exact) mass is 391 g/mol. The molecule has 0 aliphatic heterocycles. The molecule has 0 N–H and O–H groups in total. The number of nitrogens with zero attached hydrogens (tertiary/aromatic N) is 3. The van der Waals surface area contributed by atoms with Crippen LogP contribution < -0.4 is 10.5 Å². The van der Waals surface area contributed by atoms with Crippen molar-refractivity contribution in [3.63, 3.8) is 0 Å². The van der Waals surface area contributed by atoms with Gasteiger partial charge >= 0.3 is 0 Å². The number of hydrogen-bond acceptors (Lipinski definition) is 4. The van der Waals surface area contributed by atoms with Gasteiger partial charge in [-0.2, -0.15) is 5.10 Å². The maximum Gasteiger partial charge on any atom is 0.282 e. The van der Waals surface area contributed by atoms with E-state index in [1.165, 1.54) is 10.2 Å². The molecule has 0 amide bonds. The molecule has 0 radical (unpaired) electrons. The molecule has 0 fully saturated rings. The van der Waals surface area contributed by atoms with Gasteiger partial charge in [-0.3, -0.25) is 4.79 Å². The van der Waals surface area contributed by atoms with Crippen LogP contribution in [0.2, 0.25) is 0 Å². The molecular weight excluding hydrogens is 382 g/mol. The number of halogens is 2. The van der Waals surface area contributed by atoms with Crippen molar-refractivity contribution in [1.29, 1.82) is 0 Å². The smallest absolute Gasteiger partial charge is 0.282 e. The van der Waals surface area contributed by atoms with E-state index in [4.69, 9.17) is 0 Å². The van der Waals surface area contributed by atoms with E-state index >= 15 is 0 Å². The van der Waals surface area contributed by atoms with Gasteiger partial charge in [0, 0.05) is 20.6 Å². The van der Waals surface area contributed by atoms with E-state index < -0.39 is 0 Å². The van der Waals surface area contributed by atoms with Gasteiger partial charge in [-0.05, 0) is 48.9 Å². The Morgan fingerprint density at radius 1 is 1.50 bits per heavy atom. The minimum atomic E-state index is -0.133. The van der Waals surface area contributed by atoms with E-state index in [0.717, 1.165) is 16.0 Å². The van der Waals surface area contributed by atoms with Crippen molar-refractivity contribution in [1.82, 2.24) is 9.78 Å². The summed E-state index contributed by atoms with van der Waals surface area (Å²) in [5.41, 5.74) is 1.85. The molecule has 0 bridgehead atoms. The normalized spacial score (nSPS) is 10.7. The largest absolute Gasteiger partial charge is 0.368 e. The highest BCUT2D eigenvalue weighted by Gasteiger charge is 2.11. The predicted molar refractivity (Wildman–Crippen MR) is 81.3 cm³/mol. The van der Waals surface area contributed by atoms with Crippen molar-refractivity contribution in [2.45, 2.75) is 6.54 Å². The zero-order valence-corrected chi connectivity index (χ0v) is 13.8. The van der Waals surface area contributed by atoms with E-state index in [2.05, 4.69) is 48.4 Å². The zero-order valence-electron chi connectivity index (χ0n) is 9.85. The molecule has 2 rings (SSSR count). The summed E-state index contributed by atoms with van der Waals surface area (Å²) in [6, 6.07) is 2.07. The summed E-state index contributed by atoms with van der Waals surface area (Å²) in [7, 11) is 3.57. The summed E-state index contributed by atoms with van der Waals surface area (Å²) in [6.07, 6.45) is 1.69. The summed E-state index contributed by atoms with van der Waals surface area (Å²) in [5.74, 6) is 0. The molecule has 0 aliphatic rings. The molecule has 0 atom stereocenters. The van der Waals surface area contributed by atoms with Gasteiger partial charge in [-0.1, -0.05) is 0 Å². The average molecular weight is 393 g/mol. The zero-order chi connectivity index (χ0) is 13.3. The van der Waals surface area contributed by atoms with Gasteiger partial charge in [0.1, 0.15) is 4.47 Å². The van der Waals surface area contributed by atoms with Crippen LogP contribution in [0, 0.1) is 0 Å². The van der Waals surface area contributed by atoms with Crippen molar-refractivity contribution in [2.24, 2.45) is 7.05 Å². The fraction of sp³-hybridized carbons (Fsp3) is 0.273. The van der Waals surface area contributed by atoms with Crippen molar-refractivity contribution < 1.29 is 0 Å². The lowest BCUT2D eigenvalue weighted by Gasteiger charge is -2.19. The Bertz CT molecular complexity index is 623. The first-order chi connectivity index (χ1) is 8.49. The molecule has 2 aromatic heterocycles. The molecule has 4 nitrogen and oxygen atoms in total. The lowest BCUT2D eigenvalue weighted by Crippen LogP contribution is -2.25. The lowest BCUT2D eigenvalue weighted by molar-refractivity contribution is 0.698. The molecular formula is C11H11Br2N3OS. The van der Waals surface area contributed by atoms with E-state index in [-0.39, 0.29) is 5.56 Å². The topological polar surface area (TPSA) is 38.1 Å².